The first kappa shape index (κ1) is 59.3. The van der Waals surface area contributed by atoms with Gasteiger partial charge in [0.1, 0.15) is 43.2 Å². The van der Waals surface area contributed by atoms with Crippen LogP contribution in [0.1, 0.15) is 219 Å². The van der Waals surface area contributed by atoms with E-state index < -0.39 is 75.7 Å². The molecule has 1 fully saturated rings. The Bertz CT molecular complexity index is 1200. The molecule has 0 spiro atoms. The first-order valence-electron chi connectivity index (χ1n) is 25.2. The maximum atomic E-state index is 12.8. The lowest BCUT2D eigenvalue weighted by Crippen LogP contribution is -2.64. The zero-order valence-electron chi connectivity index (χ0n) is 39.4. The minimum Gasteiger partial charge on any atom is -0.462 e. The molecule has 0 aromatic carbocycles. The number of phosphoric acid groups is 1. The van der Waals surface area contributed by atoms with Crippen LogP contribution >= 0.6 is 7.82 Å². The van der Waals surface area contributed by atoms with Crippen molar-refractivity contribution in [2.75, 3.05) is 13.2 Å². The van der Waals surface area contributed by atoms with Gasteiger partial charge in [-0.2, -0.15) is 0 Å². The van der Waals surface area contributed by atoms with E-state index in [9.17, 15) is 44.6 Å². The molecular formula is C49H91O13P. The molecule has 63 heavy (non-hydrogen) atoms. The first-order valence-corrected chi connectivity index (χ1v) is 26.7. The van der Waals surface area contributed by atoms with E-state index in [1.165, 1.54) is 122 Å². The van der Waals surface area contributed by atoms with Gasteiger partial charge in [-0.25, -0.2) is 4.57 Å². The largest absolute Gasteiger partial charge is 0.472 e. The Kier molecular flexibility index (Phi) is 37.2. The second kappa shape index (κ2) is 39.5. The van der Waals surface area contributed by atoms with Crippen LogP contribution in [0.5, 0.6) is 0 Å². The third kappa shape index (κ3) is 31.8. The summed E-state index contributed by atoms with van der Waals surface area (Å²) in [6.07, 6.45) is 30.8. The summed E-state index contributed by atoms with van der Waals surface area (Å²) < 4.78 is 33.6. The number of carbonyl (C=O) groups excluding carboxylic acids is 2. The third-order valence-electron chi connectivity index (χ3n) is 11.8. The van der Waals surface area contributed by atoms with Crippen molar-refractivity contribution in [3.8, 4) is 0 Å². The van der Waals surface area contributed by atoms with E-state index in [0.29, 0.717) is 12.8 Å². The van der Waals surface area contributed by atoms with Crippen LogP contribution in [0.3, 0.4) is 0 Å². The van der Waals surface area contributed by atoms with Crippen LogP contribution in [0, 0.1) is 0 Å². The Hall–Kier alpha value is -1.67. The van der Waals surface area contributed by atoms with Gasteiger partial charge in [0.2, 0.25) is 0 Å². The van der Waals surface area contributed by atoms with Crippen LogP contribution in [-0.4, -0.2) is 98.3 Å². The summed E-state index contributed by atoms with van der Waals surface area (Å²) in [6, 6.07) is 0. The summed E-state index contributed by atoms with van der Waals surface area (Å²) in [5, 5.41) is 50.2. The van der Waals surface area contributed by atoms with Crippen LogP contribution in [0.2, 0.25) is 0 Å². The van der Waals surface area contributed by atoms with E-state index in [2.05, 4.69) is 38.2 Å². The number of esters is 2. The molecule has 1 rings (SSSR count). The smallest absolute Gasteiger partial charge is 0.462 e. The summed E-state index contributed by atoms with van der Waals surface area (Å²) in [5.41, 5.74) is 0. The molecule has 0 heterocycles. The van der Waals surface area contributed by atoms with Crippen LogP contribution in [0.15, 0.2) is 24.3 Å². The SMILES string of the molecule is CCCCCC/C=C/C=C/CCCCCCCC(=O)OC[C@H](COP(=O)(O)OC1C(O)C(O)C(O)[C@@H](O)C1O)OC(=O)CCCCCCCCCCCCCCCCCCCCC. The van der Waals surface area contributed by atoms with Crippen molar-refractivity contribution >= 4 is 19.8 Å². The van der Waals surface area contributed by atoms with Crippen LogP contribution in [0.25, 0.3) is 0 Å². The Morgan fingerprint density at radius 1 is 0.492 bits per heavy atom. The molecular weight excluding hydrogens is 827 g/mol. The van der Waals surface area contributed by atoms with E-state index in [1.54, 1.807) is 0 Å². The lowest BCUT2D eigenvalue weighted by atomic mass is 9.85. The highest BCUT2D eigenvalue weighted by atomic mass is 31.2. The number of carbonyl (C=O) groups is 2. The number of phosphoric ester groups is 1. The van der Waals surface area contributed by atoms with Crippen molar-refractivity contribution in [1.29, 1.82) is 0 Å². The predicted molar refractivity (Wildman–Crippen MR) is 249 cm³/mol. The van der Waals surface area contributed by atoms with Crippen molar-refractivity contribution in [3.05, 3.63) is 24.3 Å². The zero-order chi connectivity index (χ0) is 46.4. The molecule has 0 amide bonds. The molecule has 0 radical (unpaired) electrons. The highest BCUT2D eigenvalue weighted by molar-refractivity contribution is 7.47. The fourth-order valence-corrected chi connectivity index (χ4v) is 8.72. The van der Waals surface area contributed by atoms with Gasteiger partial charge in [-0.1, -0.05) is 192 Å². The molecule has 1 aliphatic carbocycles. The van der Waals surface area contributed by atoms with Gasteiger partial charge in [-0.05, 0) is 38.5 Å². The molecule has 0 saturated heterocycles. The molecule has 370 valence electrons. The lowest BCUT2D eigenvalue weighted by Gasteiger charge is -2.41. The fraction of sp³-hybridized carbons (Fsp3) is 0.878. The number of aliphatic hydroxyl groups excluding tert-OH is 5. The summed E-state index contributed by atoms with van der Waals surface area (Å²) in [5.74, 6) is -1.11. The number of hydrogen-bond donors (Lipinski definition) is 6. The van der Waals surface area contributed by atoms with Crippen LogP contribution in [-0.2, 0) is 32.7 Å². The van der Waals surface area contributed by atoms with Crippen molar-refractivity contribution in [3.63, 3.8) is 0 Å². The molecule has 1 saturated carbocycles. The average molecular weight is 919 g/mol. The average Bonchev–Trinajstić information content (AvgIpc) is 3.26. The number of unbranched alkanes of at least 4 members (excludes halogenated alkanes) is 27. The predicted octanol–water partition coefficient (Wildman–Crippen LogP) is 10.4. The summed E-state index contributed by atoms with van der Waals surface area (Å²) in [6.45, 7) is 3.29. The molecule has 1 aliphatic rings. The fourth-order valence-electron chi connectivity index (χ4n) is 7.75. The highest BCUT2D eigenvalue weighted by Crippen LogP contribution is 2.47. The molecule has 14 heteroatoms. The van der Waals surface area contributed by atoms with E-state index in [4.69, 9.17) is 18.5 Å². The number of ether oxygens (including phenoxy) is 2. The van der Waals surface area contributed by atoms with Gasteiger partial charge in [0.05, 0.1) is 6.61 Å². The van der Waals surface area contributed by atoms with Gasteiger partial charge in [0.15, 0.2) is 6.10 Å². The van der Waals surface area contributed by atoms with Crippen LogP contribution < -0.4 is 0 Å². The van der Waals surface area contributed by atoms with E-state index >= 15 is 0 Å². The van der Waals surface area contributed by atoms with Gasteiger partial charge < -0.3 is 39.9 Å². The van der Waals surface area contributed by atoms with Gasteiger partial charge in [0, 0.05) is 12.8 Å². The van der Waals surface area contributed by atoms with Gasteiger partial charge in [-0.3, -0.25) is 18.6 Å². The minimum atomic E-state index is -5.12. The Labute approximate surface area is 381 Å². The van der Waals surface area contributed by atoms with Gasteiger partial charge >= 0.3 is 19.8 Å². The van der Waals surface area contributed by atoms with Crippen molar-refractivity contribution in [2.24, 2.45) is 0 Å². The molecule has 0 aromatic heterocycles. The molecule has 0 aromatic rings. The zero-order valence-corrected chi connectivity index (χ0v) is 40.3. The van der Waals surface area contributed by atoms with E-state index in [1.807, 2.05) is 0 Å². The van der Waals surface area contributed by atoms with E-state index in [-0.39, 0.29) is 12.8 Å². The maximum absolute atomic E-state index is 12.8. The summed E-state index contributed by atoms with van der Waals surface area (Å²) >= 11 is 0. The standard InChI is InChI=1S/C49H91O13P/c1-3-5-7-9-11-13-15-17-19-20-21-22-24-26-28-30-32-34-36-38-43(51)61-41(40-60-63(57,58)62-49-47(55)45(53)44(52)46(54)48(49)56)39-59-42(50)37-35-33-31-29-27-25-23-18-16-14-12-10-8-6-4-2/h14,16,18,23,41,44-49,52-56H,3-13,15,17,19-22,24-40H2,1-2H3,(H,57,58)/b16-14+,23-18+/t41-,44?,45-,46?,47?,48?,49?/m1/s1. The monoisotopic (exact) mass is 919 g/mol. The first-order chi connectivity index (χ1) is 30.4. The quantitative estimate of drug-likeness (QED) is 0.0146. The van der Waals surface area contributed by atoms with Gasteiger partial charge in [0.25, 0.3) is 0 Å². The number of rotatable bonds is 42. The number of hydrogen-bond acceptors (Lipinski definition) is 12. The van der Waals surface area contributed by atoms with E-state index in [0.717, 1.165) is 57.8 Å². The highest BCUT2D eigenvalue weighted by Gasteiger charge is 2.51. The molecule has 13 nitrogen and oxygen atoms in total. The maximum Gasteiger partial charge on any atom is 0.472 e. The molecule has 0 aliphatic heterocycles. The normalized spacial score (nSPS) is 21.8. The minimum absolute atomic E-state index is 0.0980. The third-order valence-corrected chi connectivity index (χ3v) is 12.8. The summed E-state index contributed by atoms with van der Waals surface area (Å²) in [4.78, 5) is 35.8. The van der Waals surface area contributed by atoms with Gasteiger partial charge in [-0.15, -0.1) is 0 Å². The van der Waals surface area contributed by atoms with Crippen molar-refractivity contribution in [2.45, 2.75) is 262 Å². The second-order valence-electron chi connectivity index (χ2n) is 17.7. The molecule has 0 bridgehead atoms. The molecule has 6 unspecified atom stereocenters. The Balaban J connectivity index is 2.41. The molecule has 6 N–H and O–H groups in total. The topological polar surface area (TPSA) is 210 Å². The Morgan fingerprint density at radius 3 is 1.27 bits per heavy atom. The number of allylic oxidation sites excluding steroid dienone is 4. The van der Waals surface area contributed by atoms with Crippen LogP contribution in [0.4, 0.5) is 0 Å². The lowest BCUT2D eigenvalue weighted by molar-refractivity contribution is -0.220. The Morgan fingerprint density at radius 2 is 0.841 bits per heavy atom. The molecule has 8 atom stereocenters. The second-order valence-corrected chi connectivity index (χ2v) is 19.1. The van der Waals surface area contributed by atoms with Crippen molar-refractivity contribution in [1.82, 2.24) is 0 Å². The summed E-state index contributed by atoms with van der Waals surface area (Å²) in [7, 11) is -5.12. The number of aliphatic hydroxyl groups is 5. The van der Waals surface area contributed by atoms with Crippen molar-refractivity contribution < 1.29 is 63.1 Å².